The van der Waals surface area contributed by atoms with Crippen LogP contribution in [-0.4, -0.2) is 20.8 Å². The second-order valence-corrected chi connectivity index (χ2v) is 3.67. The van der Waals surface area contributed by atoms with Crippen molar-refractivity contribution in [1.82, 2.24) is 14.9 Å². The second kappa shape index (κ2) is 5.27. The SMILES string of the molecule is O=C(C=Cc1ccc(Cl)cc1)Nn1cnnc1. The fourth-order valence-corrected chi connectivity index (χ4v) is 1.29. The van der Waals surface area contributed by atoms with E-state index in [0.717, 1.165) is 5.56 Å². The first-order valence-electron chi connectivity index (χ1n) is 4.83. The van der Waals surface area contributed by atoms with Gasteiger partial charge in [-0.15, -0.1) is 10.2 Å². The van der Waals surface area contributed by atoms with Crippen molar-refractivity contribution in [3.05, 3.63) is 53.6 Å². The van der Waals surface area contributed by atoms with Crippen LogP contribution in [0.3, 0.4) is 0 Å². The lowest BCUT2D eigenvalue weighted by molar-refractivity contribution is -0.112. The Kier molecular flexibility index (Phi) is 3.52. The van der Waals surface area contributed by atoms with Gasteiger partial charge in [0.25, 0.3) is 5.91 Å². The number of hydrogen-bond donors (Lipinski definition) is 1. The summed E-state index contributed by atoms with van der Waals surface area (Å²) in [7, 11) is 0. The highest BCUT2D eigenvalue weighted by atomic mass is 35.5. The predicted molar refractivity (Wildman–Crippen MR) is 64.9 cm³/mol. The molecule has 0 aliphatic rings. The molecular weight excluding hydrogens is 240 g/mol. The van der Waals surface area contributed by atoms with Crippen molar-refractivity contribution in [2.24, 2.45) is 0 Å². The summed E-state index contributed by atoms with van der Waals surface area (Å²) in [6, 6.07) is 7.17. The number of benzene rings is 1. The van der Waals surface area contributed by atoms with Crippen LogP contribution in [0.15, 0.2) is 43.0 Å². The Labute approximate surface area is 103 Å². The number of carbonyl (C=O) groups excluding carboxylic acids is 1. The van der Waals surface area contributed by atoms with Crippen LogP contribution in [0.1, 0.15) is 5.56 Å². The lowest BCUT2D eigenvalue weighted by atomic mass is 10.2. The van der Waals surface area contributed by atoms with Gasteiger partial charge in [0, 0.05) is 11.1 Å². The van der Waals surface area contributed by atoms with E-state index in [-0.39, 0.29) is 5.91 Å². The highest BCUT2D eigenvalue weighted by molar-refractivity contribution is 6.30. The van der Waals surface area contributed by atoms with E-state index >= 15 is 0 Å². The van der Waals surface area contributed by atoms with Gasteiger partial charge in [-0.05, 0) is 23.8 Å². The highest BCUT2D eigenvalue weighted by Gasteiger charge is 1.96. The summed E-state index contributed by atoms with van der Waals surface area (Å²) in [6.45, 7) is 0. The van der Waals surface area contributed by atoms with Crippen LogP contribution in [0.25, 0.3) is 6.08 Å². The molecule has 0 radical (unpaired) electrons. The van der Waals surface area contributed by atoms with E-state index in [2.05, 4.69) is 15.6 Å². The third kappa shape index (κ3) is 3.42. The highest BCUT2D eigenvalue weighted by Crippen LogP contribution is 2.10. The molecule has 1 N–H and O–H groups in total. The Morgan fingerprint density at radius 1 is 1.24 bits per heavy atom. The number of hydrogen-bond acceptors (Lipinski definition) is 3. The van der Waals surface area contributed by atoms with Crippen LogP contribution in [0.5, 0.6) is 0 Å². The maximum atomic E-state index is 11.5. The van der Waals surface area contributed by atoms with Gasteiger partial charge in [-0.2, -0.15) is 0 Å². The quantitative estimate of drug-likeness (QED) is 0.842. The molecule has 5 nitrogen and oxygen atoms in total. The molecule has 0 aliphatic carbocycles. The molecular formula is C11H9ClN4O. The monoisotopic (exact) mass is 248 g/mol. The zero-order valence-corrected chi connectivity index (χ0v) is 9.50. The Bertz CT molecular complexity index is 519. The van der Waals surface area contributed by atoms with Crippen molar-refractivity contribution < 1.29 is 4.79 Å². The van der Waals surface area contributed by atoms with Gasteiger partial charge in [0.05, 0.1) is 0 Å². The molecule has 0 fully saturated rings. The first kappa shape index (κ1) is 11.3. The fourth-order valence-electron chi connectivity index (χ4n) is 1.17. The molecule has 0 saturated heterocycles. The molecule has 1 aromatic heterocycles. The van der Waals surface area contributed by atoms with E-state index in [9.17, 15) is 4.79 Å². The van der Waals surface area contributed by atoms with Gasteiger partial charge in [-0.3, -0.25) is 10.2 Å². The number of nitrogens with one attached hydrogen (secondary N) is 1. The summed E-state index contributed by atoms with van der Waals surface area (Å²) in [5, 5.41) is 7.79. The molecule has 86 valence electrons. The number of amides is 1. The van der Waals surface area contributed by atoms with Crippen molar-refractivity contribution in [3.63, 3.8) is 0 Å². The van der Waals surface area contributed by atoms with Crippen molar-refractivity contribution in [2.75, 3.05) is 5.43 Å². The standard InChI is InChI=1S/C11H9ClN4O/c12-10-4-1-9(2-5-10)3-6-11(17)15-16-7-13-14-8-16/h1-8H,(H,15,17). The third-order valence-corrected chi connectivity index (χ3v) is 2.21. The minimum Gasteiger partial charge on any atom is -0.268 e. The summed E-state index contributed by atoms with van der Waals surface area (Å²) in [5.41, 5.74) is 3.44. The van der Waals surface area contributed by atoms with Crippen molar-refractivity contribution in [3.8, 4) is 0 Å². The van der Waals surface area contributed by atoms with Crippen LogP contribution in [0.2, 0.25) is 5.02 Å². The molecule has 1 amide bonds. The minimum absolute atomic E-state index is 0.264. The zero-order valence-electron chi connectivity index (χ0n) is 8.75. The molecule has 2 rings (SSSR count). The molecule has 0 atom stereocenters. The minimum atomic E-state index is -0.264. The van der Waals surface area contributed by atoms with Gasteiger partial charge in [0.1, 0.15) is 12.7 Å². The molecule has 2 aromatic rings. The summed E-state index contributed by atoms with van der Waals surface area (Å²) in [6.07, 6.45) is 5.90. The lowest BCUT2D eigenvalue weighted by Crippen LogP contribution is -2.18. The van der Waals surface area contributed by atoms with E-state index in [0.29, 0.717) is 5.02 Å². The number of carbonyl (C=O) groups is 1. The van der Waals surface area contributed by atoms with Gasteiger partial charge in [-0.1, -0.05) is 23.7 Å². The fraction of sp³-hybridized carbons (Fsp3) is 0. The molecule has 17 heavy (non-hydrogen) atoms. The van der Waals surface area contributed by atoms with Gasteiger partial charge in [-0.25, -0.2) is 4.68 Å². The Balaban J connectivity index is 1.96. The van der Waals surface area contributed by atoms with Crippen LogP contribution in [0.4, 0.5) is 0 Å². The molecule has 6 heteroatoms. The maximum absolute atomic E-state index is 11.5. The summed E-state index contributed by atoms with van der Waals surface area (Å²) in [4.78, 5) is 11.5. The molecule has 0 bridgehead atoms. The molecule has 1 aromatic carbocycles. The van der Waals surface area contributed by atoms with Crippen LogP contribution in [-0.2, 0) is 4.79 Å². The topological polar surface area (TPSA) is 59.8 Å². The zero-order chi connectivity index (χ0) is 12.1. The first-order chi connectivity index (χ1) is 8.24. The van der Waals surface area contributed by atoms with E-state index in [1.54, 1.807) is 18.2 Å². The molecule has 0 aliphatic heterocycles. The lowest BCUT2D eigenvalue weighted by Gasteiger charge is -1.99. The molecule has 0 saturated carbocycles. The Hall–Kier alpha value is -2.14. The average Bonchev–Trinajstić information content (AvgIpc) is 2.81. The van der Waals surface area contributed by atoms with Crippen molar-refractivity contribution >= 4 is 23.6 Å². The normalized spacial score (nSPS) is 10.6. The smallest absolute Gasteiger partial charge is 0.262 e. The molecule has 0 spiro atoms. The van der Waals surface area contributed by atoms with Crippen LogP contribution < -0.4 is 5.43 Å². The summed E-state index contributed by atoms with van der Waals surface area (Å²) < 4.78 is 1.37. The van der Waals surface area contributed by atoms with Crippen molar-refractivity contribution in [1.29, 1.82) is 0 Å². The number of nitrogens with zero attached hydrogens (tertiary/aromatic N) is 3. The number of aromatic nitrogens is 3. The van der Waals surface area contributed by atoms with E-state index < -0.39 is 0 Å². The third-order valence-electron chi connectivity index (χ3n) is 1.96. The van der Waals surface area contributed by atoms with E-state index in [4.69, 9.17) is 11.6 Å². The largest absolute Gasteiger partial charge is 0.268 e. The Morgan fingerprint density at radius 2 is 1.88 bits per heavy atom. The number of halogens is 1. The molecule has 1 heterocycles. The maximum Gasteiger partial charge on any atom is 0.262 e. The van der Waals surface area contributed by atoms with Gasteiger partial charge < -0.3 is 0 Å². The van der Waals surface area contributed by atoms with Crippen LogP contribution in [0, 0.1) is 0 Å². The predicted octanol–water partition coefficient (Wildman–Crippen LogP) is 1.71. The van der Waals surface area contributed by atoms with E-state index in [1.165, 1.54) is 23.4 Å². The van der Waals surface area contributed by atoms with Gasteiger partial charge >= 0.3 is 0 Å². The van der Waals surface area contributed by atoms with Crippen molar-refractivity contribution in [2.45, 2.75) is 0 Å². The van der Waals surface area contributed by atoms with E-state index in [1.807, 2.05) is 12.1 Å². The van der Waals surface area contributed by atoms with Crippen LogP contribution >= 0.6 is 11.6 Å². The average molecular weight is 249 g/mol. The second-order valence-electron chi connectivity index (χ2n) is 3.23. The number of rotatable bonds is 3. The Morgan fingerprint density at radius 3 is 2.53 bits per heavy atom. The summed E-state index contributed by atoms with van der Waals surface area (Å²) >= 11 is 5.75. The molecule has 0 unspecified atom stereocenters. The summed E-state index contributed by atoms with van der Waals surface area (Å²) in [5.74, 6) is -0.264. The first-order valence-corrected chi connectivity index (χ1v) is 5.21. The van der Waals surface area contributed by atoms with Gasteiger partial charge in [0.15, 0.2) is 0 Å². The van der Waals surface area contributed by atoms with Gasteiger partial charge in [0.2, 0.25) is 0 Å².